The lowest BCUT2D eigenvalue weighted by molar-refractivity contribution is 0.612. The summed E-state index contributed by atoms with van der Waals surface area (Å²) in [6.45, 7) is 4.57. The van der Waals surface area contributed by atoms with Crippen molar-refractivity contribution in [2.45, 2.75) is 26.3 Å². The average Bonchev–Trinajstić information content (AvgIpc) is 2.91. The summed E-state index contributed by atoms with van der Waals surface area (Å²) in [5, 5.41) is 2.09. The van der Waals surface area contributed by atoms with E-state index < -0.39 is 0 Å². The topological polar surface area (TPSA) is 29.3 Å². The first kappa shape index (κ1) is 15.0. The van der Waals surface area contributed by atoms with Gasteiger partial charge in [-0.05, 0) is 55.0 Å². The highest BCUT2D eigenvalue weighted by atomic mass is 32.1. The number of hydrogen-bond acceptors (Lipinski definition) is 3. The monoisotopic (exact) mass is 292 g/mol. The van der Waals surface area contributed by atoms with E-state index in [2.05, 4.69) is 22.4 Å². The van der Waals surface area contributed by atoms with Crippen LogP contribution in [0.4, 0.5) is 10.1 Å². The number of benzene rings is 1. The molecule has 1 heterocycles. The lowest BCUT2D eigenvalue weighted by Crippen LogP contribution is -2.23. The number of aryl methyl sites for hydroxylation is 1. The Morgan fingerprint density at radius 1 is 1.40 bits per heavy atom. The second kappa shape index (κ2) is 6.37. The molecule has 0 bridgehead atoms. The Bertz CT molecular complexity index is 564. The highest BCUT2D eigenvalue weighted by molar-refractivity contribution is 7.09. The zero-order chi connectivity index (χ0) is 14.7. The number of nitrogens with zero attached hydrogens (tertiary/aromatic N) is 1. The maximum absolute atomic E-state index is 13.7. The Hall–Kier alpha value is -1.39. The summed E-state index contributed by atoms with van der Waals surface area (Å²) in [6, 6.07) is 7.49. The first-order valence-corrected chi connectivity index (χ1v) is 7.66. The van der Waals surface area contributed by atoms with Crippen LogP contribution in [0.15, 0.2) is 29.6 Å². The van der Waals surface area contributed by atoms with Crippen LogP contribution in [-0.2, 0) is 6.42 Å². The number of halogens is 1. The minimum Gasteiger partial charge on any atom is -0.374 e. The lowest BCUT2D eigenvalue weighted by Gasteiger charge is -2.24. The van der Waals surface area contributed by atoms with Gasteiger partial charge in [0.25, 0.3) is 0 Å². The van der Waals surface area contributed by atoms with E-state index >= 15 is 0 Å². The molecule has 0 aliphatic rings. The van der Waals surface area contributed by atoms with Gasteiger partial charge in [0, 0.05) is 30.2 Å². The first-order chi connectivity index (χ1) is 9.49. The SMILES string of the molecule is Cc1cc(N(C)CCc2cccs2)c([C@@H](C)N)cc1F. The molecule has 0 aliphatic carbocycles. The Morgan fingerprint density at radius 2 is 2.15 bits per heavy atom. The van der Waals surface area contributed by atoms with Crippen molar-refractivity contribution in [1.82, 2.24) is 0 Å². The van der Waals surface area contributed by atoms with E-state index in [1.165, 1.54) is 4.88 Å². The van der Waals surface area contributed by atoms with Gasteiger partial charge in [-0.25, -0.2) is 4.39 Å². The number of thiophene rings is 1. The largest absolute Gasteiger partial charge is 0.374 e. The van der Waals surface area contributed by atoms with Crippen LogP contribution in [-0.4, -0.2) is 13.6 Å². The third-order valence-electron chi connectivity index (χ3n) is 3.48. The highest BCUT2D eigenvalue weighted by Gasteiger charge is 2.14. The van der Waals surface area contributed by atoms with E-state index in [0.717, 1.165) is 24.2 Å². The summed E-state index contributed by atoms with van der Waals surface area (Å²) in [6.07, 6.45) is 0.989. The molecule has 108 valence electrons. The van der Waals surface area contributed by atoms with Crippen molar-refractivity contribution in [1.29, 1.82) is 0 Å². The Balaban J connectivity index is 2.19. The highest BCUT2D eigenvalue weighted by Crippen LogP contribution is 2.28. The second-order valence-corrected chi connectivity index (χ2v) is 6.23. The number of hydrogen-bond donors (Lipinski definition) is 1. The maximum atomic E-state index is 13.7. The van der Waals surface area contributed by atoms with Gasteiger partial charge in [-0.15, -0.1) is 11.3 Å². The van der Waals surface area contributed by atoms with E-state index in [4.69, 9.17) is 5.73 Å². The summed E-state index contributed by atoms with van der Waals surface area (Å²) in [5.74, 6) is -0.187. The standard InChI is InChI=1S/C16H21FN2S/c1-11-9-16(14(12(2)18)10-15(11)17)19(3)7-6-13-5-4-8-20-13/h4-5,8-10,12H,6-7,18H2,1-3H3/t12-/m1/s1. The molecule has 0 saturated carbocycles. The van der Waals surface area contributed by atoms with Crippen molar-refractivity contribution >= 4 is 17.0 Å². The molecule has 0 amide bonds. The van der Waals surface area contributed by atoms with E-state index in [1.807, 2.05) is 20.0 Å². The van der Waals surface area contributed by atoms with E-state index in [9.17, 15) is 4.39 Å². The zero-order valence-corrected chi connectivity index (χ0v) is 13.0. The van der Waals surface area contributed by atoms with E-state index in [1.54, 1.807) is 24.3 Å². The van der Waals surface area contributed by atoms with Crippen molar-refractivity contribution in [2.24, 2.45) is 5.73 Å². The quantitative estimate of drug-likeness (QED) is 0.905. The molecule has 0 aliphatic heterocycles. The minimum absolute atomic E-state index is 0.177. The minimum atomic E-state index is -0.187. The van der Waals surface area contributed by atoms with E-state index in [0.29, 0.717) is 5.56 Å². The lowest BCUT2D eigenvalue weighted by atomic mass is 10.0. The third kappa shape index (κ3) is 3.38. The summed E-state index contributed by atoms with van der Waals surface area (Å²) >= 11 is 1.76. The smallest absolute Gasteiger partial charge is 0.126 e. The van der Waals surface area contributed by atoms with E-state index in [-0.39, 0.29) is 11.9 Å². The first-order valence-electron chi connectivity index (χ1n) is 6.78. The summed E-state index contributed by atoms with van der Waals surface area (Å²) in [7, 11) is 2.03. The van der Waals surface area contributed by atoms with Crippen molar-refractivity contribution < 1.29 is 4.39 Å². The second-order valence-electron chi connectivity index (χ2n) is 5.20. The number of anilines is 1. The molecule has 0 fully saturated rings. The number of nitrogens with two attached hydrogens (primary N) is 1. The van der Waals surface area contributed by atoms with Gasteiger partial charge in [0.05, 0.1) is 0 Å². The molecular weight excluding hydrogens is 271 g/mol. The molecule has 0 saturated heterocycles. The van der Waals surface area contributed by atoms with Gasteiger partial charge < -0.3 is 10.6 Å². The predicted octanol–water partition coefficient (Wildman–Crippen LogP) is 3.89. The number of rotatable bonds is 5. The molecule has 2 N–H and O–H groups in total. The fraction of sp³-hybridized carbons (Fsp3) is 0.375. The summed E-state index contributed by atoms with van der Waals surface area (Å²) < 4.78 is 13.7. The van der Waals surface area contributed by atoms with Crippen molar-refractivity contribution in [2.75, 3.05) is 18.5 Å². The Kier molecular flexibility index (Phi) is 4.78. The molecule has 2 nitrogen and oxygen atoms in total. The van der Waals surface area contributed by atoms with Crippen LogP contribution in [0.3, 0.4) is 0 Å². The molecule has 0 spiro atoms. The van der Waals surface area contributed by atoms with Crippen molar-refractivity contribution in [3.63, 3.8) is 0 Å². The van der Waals surface area contributed by atoms with Gasteiger partial charge in [0.15, 0.2) is 0 Å². The molecule has 4 heteroatoms. The van der Waals surface area contributed by atoms with Gasteiger partial charge in [-0.2, -0.15) is 0 Å². The van der Waals surface area contributed by atoms with Crippen LogP contribution in [0.5, 0.6) is 0 Å². The third-order valence-corrected chi connectivity index (χ3v) is 4.42. The maximum Gasteiger partial charge on any atom is 0.126 e. The summed E-state index contributed by atoms with van der Waals surface area (Å²) in [5.41, 5.74) is 8.52. The van der Waals surface area contributed by atoms with Crippen LogP contribution in [0, 0.1) is 12.7 Å². The van der Waals surface area contributed by atoms with Crippen LogP contribution >= 0.6 is 11.3 Å². The fourth-order valence-corrected chi connectivity index (χ4v) is 2.93. The molecule has 0 unspecified atom stereocenters. The van der Waals surface area contributed by atoms with Crippen LogP contribution in [0.25, 0.3) is 0 Å². The molecule has 2 rings (SSSR count). The zero-order valence-electron chi connectivity index (χ0n) is 12.2. The van der Waals surface area contributed by atoms with Gasteiger partial charge in [-0.3, -0.25) is 0 Å². The normalized spacial score (nSPS) is 12.4. The van der Waals surface area contributed by atoms with Gasteiger partial charge in [0.1, 0.15) is 5.82 Å². The van der Waals surface area contributed by atoms with Gasteiger partial charge in [0.2, 0.25) is 0 Å². The van der Waals surface area contributed by atoms with Gasteiger partial charge >= 0.3 is 0 Å². The van der Waals surface area contributed by atoms with Crippen molar-refractivity contribution in [3.8, 4) is 0 Å². The Morgan fingerprint density at radius 3 is 2.75 bits per heavy atom. The van der Waals surface area contributed by atoms with Crippen LogP contribution in [0.1, 0.15) is 29.0 Å². The van der Waals surface area contributed by atoms with Crippen LogP contribution < -0.4 is 10.6 Å². The Labute approximate surface area is 124 Å². The number of likely N-dealkylation sites (N-methyl/N-ethyl adjacent to an activating group) is 1. The fourth-order valence-electron chi connectivity index (χ4n) is 2.23. The predicted molar refractivity (Wildman–Crippen MR) is 85.0 cm³/mol. The van der Waals surface area contributed by atoms with Gasteiger partial charge in [-0.1, -0.05) is 6.07 Å². The molecule has 0 radical (unpaired) electrons. The molecule has 2 aromatic rings. The molecule has 1 atom stereocenters. The molecule has 1 aromatic carbocycles. The molecule has 1 aromatic heterocycles. The average molecular weight is 292 g/mol. The van der Waals surface area contributed by atoms with Crippen LogP contribution in [0.2, 0.25) is 0 Å². The summed E-state index contributed by atoms with van der Waals surface area (Å²) in [4.78, 5) is 3.52. The van der Waals surface area contributed by atoms with Crippen molar-refractivity contribution in [3.05, 3.63) is 51.5 Å². The molecular formula is C16H21FN2S. The molecule has 20 heavy (non-hydrogen) atoms.